The standard InChI is InChI=1S/C10H11N/c1-8-3-2-4-9-5-6-11-7-10(8)9/h2-7,9-10H,1H3. The molecule has 56 valence electrons. The highest BCUT2D eigenvalue weighted by Crippen LogP contribution is 2.27. The predicted molar refractivity (Wildman–Crippen MR) is 47.5 cm³/mol. The van der Waals surface area contributed by atoms with E-state index in [2.05, 4.69) is 36.2 Å². The Balaban J connectivity index is 2.33. The molecule has 0 spiro atoms. The van der Waals surface area contributed by atoms with E-state index < -0.39 is 0 Å². The summed E-state index contributed by atoms with van der Waals surface area (Å²) in [5.74, 6) is 1.07. The Morgan fingerprint density at radius 3 is 3.09 bits per heavy atom. The molecular formula is C10H11N. The fraction of sp³-hybridized carbons (Fsp3) is 0.300. The van der Waals surface area contributed by atoms with Crippen molar-refractivity contribution in [3.63, 3.8) is 0 Å². The SMILES string of the molecule is CC1=CC=CC2C=CN=CC12. The number of allylic oxidation sites excluding steroid dienone is 5. The van der Waals surface area contributed by atoms with E-state index in [-0.39, 0.29) is 0 Å². The number of nitrogens with zero attached hydrogens (tertiary/aromatic N) is 1. The van der Waals surface area contributed by atoms with Crippen LogP contribution in [0.5, 0.6) is 0 Å². The lowest BCUT2D eigenvalue weighted by atomic mass is 9.83. The second-order valence-corrected chi connectivity index (χ2v) is 3.04. The summed E-state index contributed by atoms with van der Waals surface area (Å²) < 4.78 is 0. The Morgan fingerprint density at radius 2 is 2.27 bits per heavy atom. The van der Waals surface area contributed by atoms with Gasteiger partial charge < -0.3 is 0 Å². The van der Waals surface area contributed by atoms with Crippen LogP contribution in [0.3, 0.4) is 0 Å². The van der Waals surface area contributed by atoms with Crippen LogP contribution in [0.4, 0.5) is 0 Å². The first kappa shape index (κ1) is 6.59. The molecule has 0 aromatic rings. The molecule has 0 radical (unpaired) electrons. The molecular weight excluding hydrogens is 134 g/mol. The maximum atomic E-state index is 4.13. The van der Waals surface area contributed by atoms with Gasteiger partial charge in [0.1, 0.15) is 0 Å². The van der Waals surface area contributed by atoms with Gasteiger partial charge in [-0.15, -0.1) is 0 Å². The van der Waals surface area contributed by atoms with Gasteiger partial charge in [0.25, 0.3) is 0 Å². The molecule has 2 rings (SSSR count). The molecule has 2 unspecified atom stereocenters. The molecule has 0 fully saturated rings. The lowest BCUT2D eigenvalue weighted by Crippen LogP contribution is -2.17. The summed E-state index contributed by atoms with van der Waals surface area (Å²) in [5.41, 5.74) is 1.41. The number of hydrogen-bond acceptors (Lipinski definition) is 1. The minimum Gasteiger partial charge on any atom is -0.269 e. The average Bonchev–Trinajstić information content (AvgIpc) is 2.06. The molecule has 0 aromatic heterocycles. The van der Waals surface area contributed by atoms with Crippen LogP contribution < -0.4 is 0 Å². The molecule has 1 aliphatic carbocycles. The maximum Gasteiger partial charge on any atom is 0.0250 e. The van der Waals surface area contributed by atoms with E-state index in [0.29, 0.717) is 11.8 Å². The van der Waals surface area contributed by atoms with Crippen molar-refractivity contribution in [3.05, 3.63) is 36.1 Å². The van der Waals surface area contributed by atoms with E-state index in [1.807, 2.05) is 12.4 Å². The Hall–Kier alpha value is -1.11. The summed E-state index contributed by atoms with van der Waals surface area (Å²) in [6.45, 7) is 2.16. The third kappa shape index (κ3) is 1.07. The van der Waals surface area contributed by atoms with E-state index in [4.69, 9.17) is 0 Å². The second-order valence-electron chi connectivity index (χ2n) is 3.04. The molecule has 1 aliphatic heterocycles. The fourth-order valence-corrected chi connectivity index (χ4v) is 1.56. The third-order valence-corrected chi connectivity index (χ3v) is 2.27. The van der Waals surface area contributed by atoms with Crippen LogP contribution in [0.25, 0.3) is 0 Å². The summed E-state index contributed by atoms with van der Waals surface area (Å²) in [6, 6.07) is 0. The van der Waals surface area contributed by atoms with Gasteiger partial charge in [-0.25, -0.2) is 0 Å². The Morgan fingerprint density at radius 1 is 1.36 bits per heavy atom. The van der Waals surface area contributed by atoms with Crippen LogP contribution in [0.1, 0.15) is 6.92 Å². The first-order valence-corrected chi connectivity index (χ1v) is 3.93. The highest BCUT2D eigenvalue weighted by atomic mass is 14.7. The topological polar surface area (TPSA) is 12.4 Å². The molecule has 0 bridgehead atoms. The highest BCUT2D eigenvalue weighted by Gasteiger charge is 2.19. The molecule has 2 atom stereocenters. The van der Waals surface area contributed by atoms with Crippen molar-refractivity contribution < 1.29 is 0 Å². The van der Waals surface area contributed by atoms with Crippen LogP contribution in [-0.2, 0) is 0 Å². The van der Waals surface area contributed by atoms with Gasteiger partial charge in [-0.2, -0.15) is 0 Å². The third-order valence-electron chi connectivity index (χ3n) is 2.27. The van der Waals surface area contributed by atoms with Gasteiger partial charge in [-0.05, 0) is 6.92 Å². The monoisotopic (exact) mass is 145 g/mol. The van der Waals surface area contributed by atoms with Crippen LogP contribution in [0.2, 0.25) is 0 Å². The zero-order chi connectivity index (χ0) is 7.68. The highest BCUT2D eigenvalue weighted by molar-refractivity contribution is 5.69. The number of fused-ring (bicyclic) bond motifs is 1. The Bertz CT molecular complexity index is 269. The summed E-state index contributed by atoms with van der Waals surface area (Å²) >= 11 is 0. The Kier molecular flexibility index (Phi) is 1.50. The first-order chi connectivity index (χ1) is 5.38. The molecule has 1 heterocycles. The smallest absolute Gasteiger partial charge is 0.0250 e. The van der Waals surface area contributed by atoms with Crippen molar-refractivity contribution >= 4 is 6.21 Å². The minimum atomic E-state index is 0.519. The molecule has 0 saturated heterocycles. The second kappa shape index (κ2) is 2.50. The van der Waals surface area contributed by atoms with Gasteiger partial charge in [0.05, 0.1) is 0 Å². The van der Waals surface area contributed by atoms with Crippen molar-refractivity contribution in [1.29, 1.82) is 0 Å². The largest absolute Gasteiger partial charge is 0.269 e. The van der Waals surface area contributed by atoms with Crippen LogP contribution in [0, 0.1) is 11.8 Å². The summed E-state index contributed by atoms with van der Waals surface area (Å²) in [7, 11) is 0. The molecule has 0 N–H and O–H groups in total. The molecule has 1 nitrogen and oxygen atoms in total. The van der Waals surface area contributed by atoms with Gasteiger partial charge in [-0.3, -0.25) is 4.99 Å². The normalized spacial score (nSPS) is 33.4. The van der Waals surface area contributed by atoms with Gasteiger partial charge in [0.2, 0.25) is 0 Å². The summed E-state index contributed by atoms with van der Waals surface area (Å²) in [6.07, 6.45) is 12.6. The van der Waals surface area contributed by atoms with E-state index >= 15 is 0 Å². The predicted octanol–water partition coefficient (Wildman–Crippen LogP) is 2.33. The van der Waals surface area contributed by atoms with E-state index in [0.717, 1.165) is 0 Å². The lowest BCUT2D eigenvalue weighted by Gasteiger charge is -2.23. The minimum absolute atomic E-state index is 0.519. The van der Waals surface area contributed by atoms with Gasteiger partial charge in [0, 0.05) is 24.3 Å². The van der Waals surface area contributed by atoms with Crippen molar-refractivity contribution in [1.82, 2.24) is 0 Å². The molecule has 11 heavy (non-hydrogen) atoms. The van der Waals surface area contributed by atoms with Crippen LogP contribution >= 0.6 is 0 Å². The van der Waals surface area contributed by atoms with Crippen molar-refractivity contribution in [2.45, 2.75) is 6.92 Å². The zero-order valence-electron chi connectivity index (χ0n) is 6.57. The first-order valence-electron chi connectivity index (χ1n) is 3.93. The molecule has 1 heteroatoms. The molecule has 0 aromatic carbocycles. The van der Waals surface area contributed by atoms with E-state index in [1.54, 1.807) is 0 Å². The number of rotatable bonds is 0. The summed E-state index contributed by atoms with van der Waals surface area (Å²) in [5, 5.41) is 0. The van der Waals surface area contributed by atoms with Crippen LogP contribution in [-0.4, -0.2) is 6.21 Å². The number of hydrogen-bond donors (Lipinski definition) is 0. The zero-order valence-corrected chi connectivity index (χ0v) is 6.57. The molecule has 0 amide bonds. The molecule has 2 aliphatic rings. The van der Waals surface area contributed by atoms with Crippen molar-refractivity contribution in [2.24, 2.45) is 16.8 Å². The lowest BCUT2D eigenvalue weighted by molar-refractivity contribution is 0.666. The Labute approximate surface area is 66.8 Å². The van der Waals surface area contributed by atoms with Gasteiger partial charge in [0.15, 0.2) is 0 Å². The summed E-state index contributed by atoms with van der Waals surface area (Å²) in [4.78, 5) is 4.13. The quantitative estimate of drug-likeness (QED) is 0.496. The number of aliphatic imine (C=N–C) groups is 1. The van der Waals surface area contributed by atoms with Crippen molar-refractivity contribution in [3.8, 4) is 0 Å². The average molecular weight is 145 g/mol. The maximum absolute atomic E-state index is 4.13. The van der Waals surface area contributed by atoms with Crippen molar-refractivity contribution in [2.75, 3.05) is 0 Å². The molecule has 0 saturated carbocycles. The van der Waals surface area contributed by atoms with Crippen LogP contribution in [0.15, 0.2) is 41.1 Å². The fourth-order valence-electron chi connectivity index (χ4n) is 1.56. The van der Waals surface area contributed by atoms with Gasteiger partial charge >= 0.3 is 0 Å². The van der Waals surface area contributed by atoms with E-state index in [9.17, 15) is 0 Å². The van der Waals surface area contributed by atoms with Gasteiger partial charge in [-0.1, -0.05) is 29.9 Å². The van der Waals surface area contributed by atoms with E-state index in [1.165, 1.54) is 5.57 Å².